The molecule has 0 bridgehead atoms. The highest BCUT2D eigenvalue weighted by Crippen LogP contribution is 2.10. The first-order valence-corrected chi connectivity index (χ1v) is 3.67. The van der Waals surface area contributed by atoms with Crippen molar-refractivity contribution in [1.29, 1.82) is 0 Å². The van der Waals surface area contributed by atoms with Crippen LogP contribution < -0.4 is 0 Å². The van der Waals surface area contributed by atoms with E-state index >= 15 is 0 Å². The van der Waals surface area contributed by atoms with Gasteiger partial charge < -0.3 is 0 Å². The summed E-state index contributed by atoms with van der Waals surface area (Å²) in [5, 5.41) is 2.00. The van der Waals surface area contributed by atoms with Crippen molar-refractivity contribution in [3.05, 3.63) is 16.6 Å². The van der Waals surface area contributed by atoms with Gasteiger partial charge in [-0.25, -0.2) is 0 Å². The first-order chi connectivity index (χ1) is 3.84. The van der Waals surface area contributed by atoms with Gasteiger partial charge in [-0.05, 0) is 24.0 Å². The molecule has 8 heavy (non-hydrogen) atoms. The Labute approximate surface area is 57.5 Å². The van der Waals surface area contributed by atoms with Gasteiger partial charge in [0.1, 0.15) is 0 Å². The Bertz CT molecular complexity index is 173. The summed E-state index contributed by atoms with van der Waals surface area (Å²) in [5.74, 6) is 0.537. The second-order valence-electron chi connectivity index (χ2n) is 1.58. The summed E-state index contributed by atoms with van der Waals surface area (Å²) in [7, 11) is 0. The summed E-state index contributed by atoms with van der Waals surface area (Å²) in [6.45, 7) is 2.02. The molecule has 44 valence electrons. The first kappa shape index (κ1) is 6.05. The van der Waals surface area contributed by atoms with Crippen molar-refractivity contribution in [1.82, 2.24) is 4.37 Å². The van der Waals surface area contributed by atoms with E-state index in [2.05, 4.69) is 4.37 Å². The second kappa shape index (κ2) is 2.46. The van der Waals surface area contributed by atoms with Gasteiger partial charge in [0, 0.05) is 5.38 Å². The Kier molecular flexibility index (Phi) is 1.86. The number of aryl methyl sites for hydroxylation is 1. The summed E-state index contributed by atoms with van der Waals surface area (Å²) >= 11 is 6.97. The van der Waals surface area contributed by atoms with Gasteiger partial charge in [-0.2, -0.15) is 4.37 Å². The number of halogens is 1. The molecule has 0 N–H and O–H groups in total. The Morgan fingerprint density at radius 3 is 2.88 bits per heavy atom. The van der Waals surface area contributed by atoms with Crippen LogP contribution in [0.15, 0.2) is 5.38 Å². The Balaban J connectivity index is 2.92. The molecule has 0 unspecified atom stereocenters. The fraction of sp³-hybridized carbons (Fsp3) is 0.400. The number of hydrogen-bond acceptors (Lipinski definition) is 2. The molecule has 0 aliphatic heterocycles. The lowest BCUT2D eigenvalue weighted by Gasteiger charge is -1.84. The fourth-order valence-corrected chi connectivity index (χ4v) is 1.46. The highest BCUT2D eigenvalue weighted by Gasteiger charge is 1.95. The Morgan fingerprint density at radius 1 is 1.88 bits per heavy atom. The number of rotatable bonds is 1. The average molecular weight is 148 g/mol. The van der Waals surface area contributed by atoms with E-state index in [1.807, 2.05) is 12.3 Å². The minimum atomic E-state index is 0.537. The summed E-state index contributed by atoms with van der Waals surface area (Å²) in [6.07, 6.45) is 0. The van der Waals surface area contributed by atoms with Crippen LogP contribution in [0.4, 0.5) is 0 Å². The summed E-state index contributed by atoms with van der Waals surface area (Å²) < 4.78 is 4.04. The van der Waals surface area contributed by atoms with Crippen molar-refractivity contribution in [2.24, 2.45) is 0 Å². The minimum Gasteiger partial charge on any atom is -0.196 e. The molecule has 1 aromatic rings. The molecular formula is C5H6ClNS. The van der Waals surface area contributed by atoms with Crippen LogP contribution in [-0.4, -0.2) is 4.37 Å². The van der Waals surface area contributed by atoms with Gasteiger partial charge >= 0.3 is 0 Å². The molecule has 1 heterocycles. The third-order valence-corrected chi connectivity index (χ3v) is 2.01. The van der Waals surface area contributed by atoms with Crippen LogP contribution >= 0.6 is 23.1 Å². The first-order valence-electron chi connectivity index (χ1n) is 2.30. The molecule has 0 fully saturated rings. The Hall–Kier alpha value is -0.0800. The van der Waals surface area contributed by atoms with Gasteiger partial charge in [0.25, 0.3) is 0 Å². The summed E-state index contributed by atoms with van der Waals surface area (Å²) in [5.41, 5.74) is 2.21. The van der Waals surface area contributed by atoms with E-state index in [9.17, 15) is 0 Å². The number of alkyl halides is 1. The molecule has 0 amide bonds. The van der Waals surface area contributed by atoms with E-state index in [4.69, 9.17) is 11.6 Å². The van der Waals surface area contributed by atoms with Crippen LogP contribution in [0.25, 0.3) is 0 Å². The standard InChI is InChI=1S/C5H6ClNS/c1-4-3-8-7-5(4)2-6/h3H,2H2,1H3. The molecule has 3 heteroatoms. The molecule has 0 aliphatic rings. The minimum absolute atomic E-state index is 0.537. The predicted molar refractivity (Wildman–Crippen MR) is 36.4 cm³/mol. The van der Waals surface area contributed by atoms with Crippen LogP contribution in [-0.2, 0) is 5.88 Å². The molecule has 1 rings (SSSR count). The van der Waals surface area contributed by atoms with Gasteiger partial charge in [-0.1, -0.05) is 0 Å². The van der Waals surface area contributed by atoms with Crippen molar-refractivity contribution < 1.29 is 0 Å². The van der Waals surface area contributed by atoms with Crippen LogP contribution in [0.3, 0.4) is 0 Å². The van der Waals surface area contributed by atoms with Crippen LogP contribution in [0.1, 0.15) is 11.3 Å². The van der Waals surface area contributed by atoms with E-state index in [1.54, 1.807) is 0 Å². The van der Waals surface area contributed by atoms with E-state index in [0.29, 0.717) is 5.88 Å². The lowest BCUT2D eigenvalue weighted by Crippen LogP contribution is -1.77. The maximum absolute atomic E-state index is 5.52. The monoisotopic (exact) mass is 147 g/mol. The molecule has 0 atom stereocenters. The van der Waals surface area contributed by atoms with Gasteiger partial charge in [0.15, 0.2) is 0 Å². The highest BCUT2D eigenvalue weighted by molar-refractivity contribution is 7.03. The van der Waals surface area contributed by atoms with Gasteiger partial charge in [-0.3, -0.25) is 0 Å². The normalized spacial score (nSPS) is 9.75. The maximum atomic E-state index is 5.52. The molecule has 0 aromatic carbocycles. The summed E-state index contributed by atoms with van der Waals surface area (Å²) in [6, 6.07) is 0. The van der Waals surface area contributed by atoms with Crippen molar-refractivity contribution in [3.8, 4) is 0 Å². The van der Waals surface area contributed by atoms with Crippen molar-refractivity contribution in [2.75, 3.05) is 0 Å². The maximum Gasteiger partial charge on any atom is 0.0718 e. The lowest BCUT2D eigenvalue weighted by atomic mass is 10.3. The van der Waals surface area contributed by atoms with E-state index < -0.39 is 0 Å². The van der Waals surface area contributed by atoms with Crippen LogP contribution in [0.2, 0.25) is 0 Å². The molecule has 0 spiro atoms. The third-order valence-electron chi connectivity index (χ3n) is 0.974. The zero-order valence-corrected chi connectivity index (χ0v) is 6.09. The van der Waals surface area contributed by atoms with Gasteiger partial charge in [-0.15, -0.1) is 11.6 Å². The SMILES string of the molecule is Cc1csnc1CCl. The molecule has 1 aromatic heterocycles. The molecular weight excluding hydrogens is 142 g/mol. The quantitative estimate of drug-likeness (QED) is 0.555. The van der Waals surface area contributed by atoms with Gasteiger partial charge in [0.2, 0.25) is 0 Å². The number of aromatic nitrogens is 1. The fourth-order valence-electron chi connectivity index (χ4n) is 0.439. The van der Waals surface area contributed by atoms with Crippen LogP contribution in [0, 0.1) is 6.92 Å². The molecule has 0 aliphatic carbocycles. The smallest absolute Gasteiger partial charge is 0.0718 e. The lowest BCUT2D eigenvalue weighted by molar-refractivity contribution is 1.23. The molecule has 0 radical (unpaired) electrons. The molecule has 0 saturated carbocycles. The second-order valence-corrected chi connectivity index (χ2v) is 2.47. The number of nitrogens with zero attached hydrogens (tertiary/aromatic N) is 1. The number of hydrogen-bond donors (Lipinski definition) is 0. The van der Waals surface area contributed by atoms with E-state index in [-0.39, 0.29) is 0 Å². The van der Waals surface area contributed by atoms with Crippen LogP contribution in [0.5, 0.6) is 0 Å². The molecule has 0 saturated heterocycles. The highest BCUT2D eigenvalue weighted by atomic mass is 35.5. The average Bonchev–Trinajstić information content (AvgIpc) is 2.14. The van der Waals surface area contributed by atoms with Crippen molar-refractivity contribution >= 4 is 23.1 Å². The largest absolute Gasteiger partial charge is 0.196 e. The van der Waals surface area contributed by atoms with Crippen molar-refractivity contribution in [3.63, 3.8) is 0 Å². The predicted octanol–water partition coefficient (Wildman–Crippen LogP) is 2.19. The van der Waals surface area contributed by atoms with E-state index in [0.717, 1.165) is 5.69 Å². The third kappa shape index (κ3) is 1.01. The van der Waals surface area contributed by atoms with Crippen molar-refractivity contribution in [2.45, 2.75) is 12.8 Å². The Morgan fingerprint density at radius 2 is 2.62 bits per heavy atom. The van der Waals surface area contributed by atoms with E-state index in [1.165, 1.54) is 17.1 Å². The van der Waals surface area contributed by atoms with Gasteiger partial charge in [0.05, 0.1) is 11.6 Å². The summed E-state index contributed by atoms with van der Waals surface area (Å²) in [4.78, 5) is 0. The zero-order chi connectivity index (χ0) is 5.98. The topological polar surface area (TPSA) is 12.9 Å². The molecule has 1 nitrogen and oxygen atoms in total. The zero-order valence-electron chi connectivity index (χ0n) is 4.52.